The van der Waals surface area contributed by atoms with Crippen molar-refractivity contribution in [3.05, 3.63) is 59.2 Å². The third-order valence-corrected chi connectivity index (χ3v) is 28.8. The van der Waals surface area contributed by atoms with Crippen LogP contribution in [0.25, 0.3) is 22.1 Å². The molecule has 6 rings (SSSR count). The summed E-state index contributed by atoms with van der Waals surface area (Å²) in [6.07, 6.45) is 9.60. The average Bonchev–Trinajstić information content (AvgIpc) is 3.77. The van der Waals surface area contributed by atoms with E-state index in [1.165, 1.54) is 0 Å². The van der Waals surface area contributed by atoms with Crippen LogP contribution in [0, 0.1) is 25.7 Å². The molecule has 0 bridgehead atoms. The minimum absolute atomic E-state index is 0.0195. The second-order valence-electron chi connectivity index (χ2n) is 24.1. The number of Topliss-reactive ketones (excluding diaryl/α,β-unsaturated/α-hetero) is 1. The van der Waals surface area contributed by atoms with E-state index in [1.54, 1.807) is 0 Å². The molecule has 0 saturated heterocycles. The molecule has 1 unspecified atom stereocenters. The SMILES string of the molecule is Cc1cnc2c(ccn2[Si](C(C)C)(C(C)C)C(C)C)c1C(=O)C1CC(NC(=O)OC(C)(C)C)C1.Cc1cnc2c(ccn2[Si](C(C)C)(C(C)C)C(C)C)c1C(O)C1CC(NC(=O)OC(C)(C)C)C1. The number of aryl methyl sites for hydroxylation is 2. The number of alkyl carbamates (subject to hydrolysis) is 2. The van der Waals surface area contributed by atoms with Gasteiger partial charge in [-0.3, -0.25) is 4.79 Å². The van der Waals surface area contributed by atoms with Crippen molar-refractivity contribution in [3.8, 4) is 0 Å². The molecule has 4 aromatic heterocycles. The van der Waals surface area contributed by atoms with Gasteiger partial charge in [0.1, 0.15) is 22.5 Å². The highest BCUT2D eigenvalue weighted by Crippen LogP contribution is 2.47. The molecule has 2 amide bonds. The van der Waals surface area contributed by atoms with Gasteiger partial charge in [0.05, 0.1) is 6.10 Å². The predicted molar refractivity (Wildman–Crippen MR) is 283 cm³/mol. The van der Waals surface area contributed by atoms with Crippen molar-refractivity contribution in [1.29, 1.82) is 0 Å². The van der Waals surface area contributed by atoms with Crippen molar-refractivity contribution in [2.45, 2.75) is 227 Å². The van der Waals surface area contributed by atoms with Gasteiger partial charge in [-0.25, -0.2) is 19.6 Å². The summed E-state index contributed by atoms with van der Waals surface area (Å²) in [5, 5.41) is 19.3. The summed E-state index contributed by atoms with van der Waals surface area (Å²) < 4.78 is 15.7. The smallest absolute Gasteiger partial charge is 0.407 e. The minimum Gasteiger partial charge on any atom is -0.444 e. The number of nitrogens with zero attached hydrogens (tertiary/aromatic N) is 4. The number of carbonyl (C=O) groups excluding carboxylic acids is 3. The molecule has 0 spiro atoms. The molecule has 4 aromatic rings. The maximum atomic E-state index is 13.6. The Labute approximate surface area is 410 Å². The number of hydrogen-bond donors (Lipinski definition) is 3. The third kappa shape index (κ3) is 10.8. The number of nitrogens with one attached hydrogen (secondary N) is 2. The van der Waals surface area contributed by atoms with E-state index in [0.717, 1.165) is 57.2 Å². The highest BCUT2D eigenvalue weighted by Gasteiger charge is 2.48. The highest BCUT2D eigenvalue weighted by molar-refractivity contribution is 6.83. The van der Waals surface area contributed by atoms with E-state index in [2.05, 4.69) is 127 Å². The number of rotatable bonds is 14. The Bertz CT molecular complexity index is 2370. The van der Waals surface area contributed by atoms with Crippen molar-refractivity contribution in [1.82, 2.24) is 29.1 Å². The van der Waals surface area contributed by atoms with E-state index in [0.29, 0.717) is 46.1 Å². The third-order valence-electron chi connectivity index (χ3n) is 15.4. The Kier molecular flexibility index (Phi) is 16.8. The van der Waals surface area contributed by atoms with Crippen molar-refractivity contribution in [3.63, 3.8) is 0 Å². The van der Waals surface area contributed by atoms with Crippen LogP contribution in [-0.4, -0.2) is 81.3 Å². The first kappa shape index (κ1) is 54.9. The zero-order valence-electron chi connectivity index (χ0n) is 45.4. The molecular weight excluding hydrogens is 885 g/mol. The van der Waals surface area contributed by atoms with E-state index >= 15 is 0 Å². The summed E-state index contributed by atoms with van der Waals surface area (Å²) in [5.41, 5.74) is 7.93. The molecule has 0 radical (unpaired) electrons. The number of carbonyl (C=O) groups is 3. The fourth-order valence-corrected chi connectivity index (χ4v) is 25.9. The first-order valence-corrected chi connectivity index (χ1v) is 29.9. The van der Waals surface area contributed by atoms with Gasteiger partial charge in [0.15, 0.2) is 22.3 Å². The van der Waals surface area contributed by atoms with Crippen LogP contribution >= 0.6 is 0 Å². The fourth-order valence-electron chi connectivity index (χ4n) is 12.8. The van der Waals surface area contributed by atoms with Gasteiger partial charge in [0.25, 0.3) is 0 Å². The Morgan fingerprint density at radius 1 is 0.618 bits per heavy atom. The molecule has 378 valence electrons. The monoisotopic (exact) mass is 973 g/mol. The van der Waals surface area contributed by atoms with Crippen LogP contribution in [0.4, 0.5) is 9.59 Å². The molecule has 68 heavy (non-hydrogen) atoms. The molecule has 0 aliphatic heterocycles. The predicted octanol–water partition coefficient (Wildman–Crippen LogP) is 13.6. The summed E-state index contributed by atoms with van der Waals surface area (Å²) in [7, 11) is -3.93. The van der Waals surface area contributed by atoms with Crippen molar-refractivity contribution in [2.24, 2.45) is 11.8 Å². The summed E-state index contributed by atoms with van der Waals surface area (Å²) in [6.45, 7) is 43.3. The minimum atomic E-state index is -1.98. The number of fused-ring (bicyclic) bond motifs is 2. The number of amides is 2. The number of aliphatic hydroxyl groups excluding tert-OH is 1. The lowest BCUT2D eigenvalue weighted by atomic mass is 9.74. The molecule has 3 N–H and O–H groups in total. The van der Waals surface area contributed by atoms with Gasteiger partial charge in [-0.05, 0) is 161 Å². The van der Waals surface area contributed by atoms with Crippen LogP contribution in [0.15, 0.2) is 36.9 Å². The topological polar surface area (TPSA) is 150 Å². The molecule has 2 aliphatic carbocycles. The second-order valence-corrected chi connectivity index (χ2v) is 35.6. The number of ether oxygens (including phenoxy) is 2. The molecule has 0 aromatic carbocycles. The molecular formula is C54H88N6O6Si2. The number of pyridine rings is 2. The van der Waals surface area contributed by atoms with Gasteiger partial charge in [-0.1, -0.05) is 83.1 Å². The number of hydrogen-bond acceptors (Lipinski definition) is 8. The molecule has 2 saturated carbocycles. The lowest BCUT2D eigenvalue weighted by Gasteiger charge is -2.44. The average molecular weight is 974 g/mol. The van der Waals surface area contributed by atoms with Crippen LogP contribution < -0.4 is 10.6 Å². The highest BCUT2D eigenvalue weighted by atomic mass is 28.3. The first-order chi connectivity index (χ1) is 31.4. The van der Waals surface area contributed by atoms with Crippen molar-refractivity contribution < 1.29 is 29.0 Å². The summed E-state index contributed by atoms with van der Waals surface area (Å²) in [4.78, 5) is 47.5. The second kappa shape index (κ2) is 20.8. The Balaban J connectivity index is 0.000000254. The lowest BCUT2D eigenvalue weighted by Crippen LogP contribution is -2.51. The van der Waals surface area contributed by atoms with Crippen LogP contribution in [0.1, 0.15) is 183 Å². The molecule has 2 fully saturated rings. The van der Waals surface area contributed by atoms with E-state index in [1.807, 2.05) is 67.8 Å². The molecule has 1 atom stereocenters. The molecule has 2 aliphatic rings. The van der Waals surface area contributed by atoms with Crippen molar-refractivity contribution in [2.75, 3.05) is 0 Å². The fraction of sp³-hybridized carbons (Fsp3) is 0.685. The van der Waals surface area contributed by atoms with Gasteiger partial charge >= 0.3 is 12.2 Å². The zero-order valence-corrected chi connectivity index (χ0v) is 47.4. The van der Waals surface area contributed by atoms with Gasteiger partial charge in [-0.2, -0.15) is 0 Å². The van der Waals surface area contributed by atoms with Crippen LogP contribution in [0.2, 0.25) is 33.2 Å². The maximum Gasteiger partial charge on any atom is 0.407 e. The van der Waals surface area contributed by atoms with Crippen molar-refractivity contribution >= 4 is 56.5 Å². The standard InChI is InChI=1S/C27H45N3O3Si.C27H43N3O3Si/c2*1-16(2)34(17(3)4,18(5)6)30-12-11-22-23(19(7)15-28-25(22)30)24(31)20-13-21(14-20)29-26(32)33-27(8,9)10/h11-12,15-18,20-21,24,31H,13-14H2,1-10H3,(H,29,32);11-12,15-18,20-21H,13-14H2,1-10H3,(H,29,32). The van der Waals surface area contributed by atoms with E-state index < -0.39 is 39.9 Å². The Morgan fingerprint density at radius 3 is 1.38 bits per heavy atom. The summed E-state index contributed by atoms with van der Waals surface area (Å²) in [6, 6.07) is 4.29. The van der Waals surface area contributed by atoms with Gasteiger partial charge in [-0.15, -0.1) is 0 Å². The van der Waals surface area contributed by atoms with E-state index in [-0.39, 0.29) is 35.8 Å². The Morgan fingerprint density at radius 2 is 0.985 bits per heavy atom. The van der Waals surface area contributed by atoms with Gasteiger partial charge in [0.2, 0.25) is 0 Å². The summed E-state index contributed by atoms with van der Waals surface area (Å²) in [5.74, 6) is 0.181. The molecule has 14 heteroatoms. The summed E-state index contributed by atoms with van der Waals surface area (Å²) >= 11 is 0. The zero-order chi connectivity index (χ0) is 51.2. The molecule has 12 nitrogen and oxygen atoms in total. The maximum absolute atomic E-state index is 13.6. The van der Waals surface area contributed by atoms with Crippen LogP contribution in [0.5, 0.6) is 0 Å². The first-order valence-electron chi connectivity index (χ1n) is 25.5. The largest absolute Gasteiger partial charge is 0.444 e. The van der Waals surface area contributed by atoms with Gasteiger partial charge < -0.3 is 33.7 Å². The number of aliphatic hydroxyl groups is 1. The number of aromatic nitrogens is 4. The van der Waals surface area contributed by atoms with Gasteiger partial charge in [0, 0.05) is 46.7 Å². The lowest BCUT2D eigenvalue weighted by molar-refractivity contribution is 0.0232. The Hall–Kier alpha value is -4.02. The van der Waals surface area contributed by atoms with E-state index in [9.17, 15) is 19.5 Å². The number of ketones is 1. The van der Waals surface area contributed by atoms with Crippen LogP contribution in [0.3, 0.4) is 0 Å². The normalized spacial score (nSPS) is 19.6. The van der Waals surface area contributed by atoms with Crippen LogP contribution in [-0.2, 0) is 9.47 Å². The quantitative estimate of drug-likeness (QED) is 0.0835. The van der Waals surface area contributed by atoms with E-state index in [4.69, 9.17) is 19.4 Å². The molecule has 4 heterocycles.